The number of Topliss-reactive ketones (excluding diaryl/α,β-unsaturated/α-hetero) is 1. The summed E-state index contributed by atoms with van der Waals surface area (Å²) in [5.41, 5.74) is -8.07. The van der Waals surface area contributed by atoms with Crippen molar-refractivity contribution in [2.45, 2.75) is 115 Å². The van der Waals surface area contributed by atoms with E-state index in [0.29, 0.717) is 5.56 Å². The molecule has 2 aromatic carbocycles. The third kappa shape index (κ3) is 8.75. The highest BCUT2D eigenvalue weighted by molar-refractivity contribution is 6.30. The Balaban J connectivity index is 1.54. The molecule has 6 rings (SSSR count). The molecule has 3 N–H and O–H groups in total. The molecular weight excluding hydrogens is 842 g/mol. The second kappa shape index (κ2) is 17.4. The second-order valence-corrected chi connectivity index (χ2v) is 18.6. The van der Waals surface area contributed by atoms with E-state index >= 15 is 4.79 Å². The number of aliphatic hydroxyl groups excluding tert-OH is 1. The van der Waals surface area contributed by atoms with Gasteiger partial charge in [0.15, 0.2) is 23.6 Å². The van der Waals surface area contributed by atoms with Crippen LogP contribution in [0, 0.1) is 16.7 Å². The van der Waals surface area contributed by atoms with Gasteiger partial charge in [0.1, 0.15) is 36.1 Å². The van der Waals surface area contributed by atoms with Gasteiger partial charge < -0.3 is 48.7 Å². The lowest BCUT2D eigenvalue weighted by molar-refractivity contribution is -0.306. The molecule has 1 saturated carbocycles. The standard InChI is InChI=1S/C46H54ClNO15/c1-24-29(59-40(54)34(51)33(26-14-11-10-12-15-26)48-41(55)63-42(3,4)5)21-46(56)38(61-39(53)27-16-13-17-28(47)20-27)36-44(8,19-18-30-45(36,23-58-30)62-25(2)49)37(52)35(32(24)43(46,6)7)60-31(50)22-57-9/h10-20,29-30,33-36,38,51,56H,21-23H2,1-9H3,(H,48,55)/t29-,30+,33-,34+,35+,36-,38-,44+,45-,46+/m0/s1. The van der Waals surface area contributed by atoms with Gasteiger partial charge in [-0.05, 0) is 69.5 Å². The van der Waals surface area contributed by atoms with E-state index in [1.54, 1.807) is 77.1 Å². The molecule has 17 heteroatoms. The van der Waals surface area contributed by atoms with Crippen LogP contribution in [0.4, 0.5) is 4.79 Å². The number of allylic oxidation sites excluding steroid dienone is 1. The van der Waals surface area contributed by atoms with Crippen molar-refractivity contribution < 1.29 is 72.1 Å². The fraction of sp³-hybridized carbons (Fsp3) is 0.522. The first-order chi connectivity index (χ1) is 29.4. The number of nitrogens with one attached hydrogen (secondary N) is 1. The van der Waals surface area contributed by atoms with E-state index in [1.165, 1.54) is 45.2 Å². The summed E-state index contributed by atoms with van der Waals surface area (Å²) in [7, 11) is 1.26. The minimum atomic E-state index is -2.38. The van der Waals surface area contributed by atoms with Crippen molar-refractivity contribution in [1.29, 1.82) is 0 Å². The van der Waals surface area contributed by atoms with Crippen molar-refractivity contribution in [1.82, 2.24) is 5.32 Å². The van der Waals surface area contributed by atoms with Gasteiger partial charge in [0.2, 0.25) is 0 Å². The summed E-state index contributed by atoms with van der Waals surface area (Å²) in [6.07, 6.45) is -6.57. The Kier molecular flexibility index (Phi) is 13.1. The van der Waals surface area contributed by atoms with Gasteiger partial charge in [-0.25, -0.2) is 19.2 Å². The molecule has 1 amide bonds. The first-order valence-corrected chi connectivity index (χ1v) is 20.8. The van der Waals surface area contributed by atoms with Crippen molar-refractivity contribution in [2.75, 3.05) is 20.3 Å². The Morgan fingerprint density at radius 2 is 1.68 bits per heavy atom. The molecule has 2 fully saturated rings. The minimum Gasteiger partial charge on any atom is -0.456 e. The summed E-state index contributed by atoms with van der Waals surface area (Å²) >= 11 is 6.28. The number of ether oxygens (including phenoxy) is 7. The third-order valence-electron chi connectivity index (χ3n) is 12.5. The lowest BCUT2D eigenvalue weighted by atomic mass is 9.46. The maximum Gasteiger partial charge on any atom is 0.408 e. The van der Waals surface area contributed by atoms with Crippen LogP contribution in [0.3, 0.4) is 0 Å². The molecule has 0 unspecified atom stereocenters. The summed E-state index contributed by atoms with van der Waals surface area (Å²) in [5.74, 6) is -6.14. The topological polar surface area (TPSA) is 220 Å². The fourth-order valence-electron chi connectivity index (χ4n) is 9.51. The number of benzene rings is 2. The minimum absolute atomic E-state index is 0.00915. The zero-order valence-electron chi connectivity index (χ0n) is 36.6. The summed E-state index contributed by atoms with van der Waals surface area (Å²) in [6.45, 7) is 11.4. The lowest BCUT2D eigenvalue weighted by Crippen LogP contribution is -2.78. The van der Waals surface area contributed by atoms with Crippen LogP contribution in [-0.2, 0) is 52.3 Å². The number of rotatable bonds is 11. The maximum atomic E-state index is 15.5. The smallest absolute Gasteiger partial charge is 0.408 e. The number of alkyl carbamates (subject to hydrolysis) is 1. The van der Waals surface area contributed by atoms with Crippen LogP contribution in [0.15, 0.2) is 77.9 Å². The van der Waals surface area contributed by atoms with E-state index in [2.05, 4.69) is 5.32 Å². The van der Waals surface area contributed by atoms with Gasteiger partial charge >= 0.3 is 30.0 Å². The van der Waals surface area contributed by atoms with Gasteiger partial charge in [0.05, 0.1) is 29.5 Å². The molecule has 1 saturated heterocycles. The first-order valence-electron chi connectivity index (χ1n) is 20.5. The largest absolute Gasteiger partial charge is 0.456 e. The van der Waals surface area contributed by atoms with E-state index < -0.39 is 119 Å². The average molecular weight is 896 g/mol. The molecule has 16 nitrogen and oxygen atoms in total. The van der Waals surface area contributed by atoms with Gasteiger partial charge in [-0.15, -0.1) is 0 Å². The van der Waals surface area contributed by atoms with Crippen molar-refractivity contribution in [3.8, 4) is 0 Å². The molecule has 3 aliphatic carbocycles. The Labute approximate surface area is 370 Å². The number of hydrogen-bond acceptors (Lipinski definition) is 15. The van der Waals surface area contributed by atoms with Gasteiger partial charge in [-0.3, -0.25) is 9.59 Å². The van der Waals surface area contributed by atoms with Gasteiger partial charge in [-0.1, -0.05) is 74.0 Å². The molecule has 2 aromatic rings. The number of carbonyl (C=O) groups excluding carboxylic acids is 6. The maximum absolute atomic E-state index is 15.5. The van der Waals surface area contributed by atoms with E-state index in [9.17, 15) is 34.2 Å². The third-order valence-corrected chi connectivity index (χ3v) is 12.7. The van der Waals surface area contributed by atoms with E-state index in [0.717, 1.165) is 6.92 Å². The molecule has 4 aliphatic rings. The number of carbonyl (C=O) groups is 6. The SMILES string of the molecule is COCC(=O)O[C@H]1C(=O)[C@]2(C)C=C[C@H]3OC[C@@]3(OC(C)=O)[C@H]2[C@H](OC(=O)c2cccc(Cl)c2)[C@]2(O)C[C@H](OC(=O)[C@H](O)[C@@H](NC(=O)OC(C)(C)C)c3ccccc3)C(C)=C1C2(C)C. The highest BCUT2D eigenvalue weighted by Crippen LogP contribution is 2.63. The molecular formula is C46H54ClNO15. The molecule has 10 atom stereocenters. The number of halogens is 1. The van der Waals surface area contributed by atoms with Crippen molar-refractivity contribution >= 4 is 47.4 Å². The van der Waals surface area contributed by atoms with Crippen LogP contribution in [0.5, 0.6) is 0 Å². The molecule has 1 heterocycles. The number of ketones is 1. The molecule has 1 aliphatic heterocycles. The second-order valence-electron chi connectivity index (χ2n) is 18.2. The number of hydrogen-bond donors (Lipinski definition) is 3. The number of amides is 1. The van der Waals surface area contributed by atoms with Crippen LogP contribution in [0.1, 0.15) is 83.8 Å². The van der Waals surface area contributed by atoms with Crippen LogP contribution in [0.25, 0.3) is 0 Å². The number of fused-ring (bicyclic) bond motifs is 5. The summed E-state index contributed by atoms with van der Waals surface area (Å²) in [6, 6.07) is 12.6. The van der Waals surface area contributed by atoms with Crippen LogP contribution in [-0.4, -0.2) is 114 Å². The number of methoxy groups -OCH3 is 1. The van der Waals surface area contributed by atoms with E-state index in [-0.39, 0.29) is 28.3 Å². The summed E-state index contributed by atoms with van der Waals surface area (Å²) < 4.78 is 40.9. The number of aliphatic hydroxyl groups is 2. The Morgan fingerprint density at radius 1 is 1.00 bits per heavy atom. The van der Waals surface area contributed by atoms with E-state index in [1.807, 2.05) is 0 Å². The van der Waals surface area contributed by atoms with Crippen LogP contribution >= 0.6 is 11.6 Å². The van der Waals surface area contributed by atoms with Crippen molar-refractivity contribution in [3.63, 3.8) is 0 Å². The van der Waals surface area contributed by atoms with E-state index in [4.69, 9.17) is 44.8 Å². The number of esters is 4. The highest BCUT2D eigenvalue weighted by Gasteiger charge is 2.75. The van der Waals surface area contributed by atoms with Crippen molar-refractivity contribution in [3.05, 3.63) is 94.0 Å². The Hall–Kier alpha value is -5.13. The monoisotopic (exact) mass is 895 g/mol. The highest BCUT2D eigenvalue weighted by atomic mass is 35.5. The quantitative estimate of drug-likeness (QED) is 0.155. The molecule has 2 bridgehead atoms. The molecule has 0 aromatic heterocycles. The molecule has 0 spiro atoms. The Bertz CT molecular complexity index is 2220. The van der Waals surface area contributed by atoms with Gasteiger partial charge in [0, 0.05) is 30.9 Å². The molecule has 63 heavy (non-hydrogen) atoms. The average Bonchev–Trinajstić information content (AvgIpc) is 3.18. The zero-order chi connectivity index (χ0) is 46.4. The van der Waals surface area contributed by atoms with Crippen LogP contribution in [0.2, 0.25) is 5.02 Å². The molecule has 340 valence electrons. The van der Waals surface area contributed by atoms with Crippen LogP contribution < -0.4 is 5.32 Å². The Morgan fingerprint density at radius 3 is 2.27 bits per heavy atom. The summed E-state index contributed by atoms with van der Waals surface area (Å²) in [4.78, 5) is 83.7. The zero-order valence-corrected chi connectivity index (χ0v) is 37.3. The van der Waals surface area contributed by atoms with Gasteiger partial charge in [0.25, 0.3) is 0 Å². The lowest BCUT2D eigenvalue weighted by Gasteiger charge is -2.65. The predicted molar refractivity (Wildman–Crippen MR) is 223 cm³/mol. The summed E-state index contributed by atoms with van der Waals surface area (Å²) in [5, 5.41) is 28.2. The predicted octanol–water partition coefficient (Wildman–Crippen LogP) is 4.92. The normalized spacial score (nSPS) is 30.4. The van der Waals surface area contributed by atoms with Gasteiger partial charge in [-0.2, -0.15) is 0 Å². The fourth-order valence-corrected chi connectivity index (χ4v) is 9.70. The first kappa shape index (κ1) is 47.4. The van der Waals surface area contributed by atoms with Crippen molar-refractivity contribution in [2.24, 2.45) is 16.7 Å². The molecule has 0 radical (unpaired) electrons.